The van der Waals surface area contributed by atoms with Gasteiger partial charge in [0, 0.05) is 29.4 Å². The minimum absolute atomic E-state index is 0.0883. The molecule has 28 heavy (non-hydrogen) atoms. The first kappa shape index (κ1) is 19.6. The Bertz CT molecular complexity index is 999. The van der Waals surface area contributed by atoms with E-state index in [1.54, 1.807) is 18.2 Å². The van der Waals surface area contributed by atoms with Crippen molar-refractivity contribution < 1.29 is 14.5 Å². The second-order valence-electron chi connectivity index (χ2n) is 6.40. The Morgan fingerprint density at radius 2 is 1.79 bits per heavy atom. The molecule has 1 aliphatic heterocycles. The molecule has 0 radical (unpaired) electrons. The first-order valence-electron chi connectivity index (χ1n) is 8.72. The molecule has 1 heterocycles. The molecule has 1 N–H and O–H groups in total. The van der Waals surface area contributed by atoms with Crippen molar-refractivity contribution >= 4 is 40.4 Å². The van der Waals surface area contributed by atoms with E-state index in [-0.39, 0.29) is 17.0 Å². The van der Waals surface area contributed by atoms with Crippen LogP contribution in [0.4, 0.5) is 11.4 Å². The second-order valence-corrected chi connectivity index (χ2v) is 6.84. The van der Waals surface area contributed by atoms with Crippen LogP contribution in [0, 0.1) is 17.0 Å². The number of hydrogen-bond donors (Lipinski definition) is 1. The number of nitro groups is 1. The zero-order valence-electron chi connectivity index (χ0n) is 15.4. The van der Waals surface area contributed by atoms with Gasteiger partial charge in [-0.25, -0.2) is 0 Å². The Kier molecular flexibility index (Phi) is 5.46. The van der Waals surface area contributed by atoms with E-state index in [0.717, 1.165) is 5.56 Å². The van der Waals surface area contributed by atoms with Gasteiger partial charge in [0.2, 0.25) is 0 Å². The van der Waals surface area contributed by atoms with E-state index in [1.165, 1.54) is 29.2 Å². The number of benzene rings is 2. The largest absolute Gasteiger partial charge is 0.350 e. The summed E-state index contributed by atoms with van der Waals surface area (Å²) in [5.74, 6) is -0.843. The standard InChI is InChI=1S/C20H18ClN3O4/c1-3-10-23-19(25)17(13-4-7-15(8-5-13)24(27)28)18(20(23)26)22-16-9-6-14(21)11-12(16)2/h4-9,11,22H,3,10H2,1-2H3. The molecule has 2 amide bonds. The topological polar surface area (TPSA) is 92.6 Å². The van der Waals surface area contributed by atoms with Gasteiger partial charge in [-0.2, -0.15) is 0 Å². The summed E-state index contributed by atoms with van der Waals surface area (Å²) < 4.78 is 0. The number of nitrogens with one attached hydrogen (secondary N) is 1. The van der Waals surface area contributed by atoms with Crippen LogP contribution in [-0.4, -0.2) is 28.2 Å². The van der Waals surface area contributed by atoms with Crippen LogP contribution >= 0.6 is 11.6 Å². The Labute approximate surface area is 166 Å². The van der Waals surface area contributed by atoms with Gasteiger partial charge in [-0.3, -0.25) is 24.6 Å². The predicted molar refractivity (Wildman–Crippen MR) is 107 cm³/mol. The lowest BCUT2D eigenvalue weighted by Gasteiger charge is -2.14. The number of halogens is 1. The van der Waals surface area contributed by atoms with E-state index in [9.17, 15) is 19.7 Å². The summed E-state index contributed by atoms with van der Waals surface area (Å²) in [5.41, 5.74) is 2.17. The summed E-state index contributed by atoms with van der Waals surface area (Å²) >= 11 is 5.99. The highest BCUT2D eigenvalue weighted by atomic mass is 35.5. The van der Waals surface area contributed by atoms with Crippen molar-refractivity contribution in [2.24, 2.45) is 0 Å². The van der Waals surface area contributed by atoms with E-state index in [0.29, 0.717) is 29.2 Å². The number of nitro benzene ring substituents is 1. The average molecular weight is 400 g/mol. The van der Waals surface area contributed by atoms with Gasteiger partial charge in [-0.05, 0) is 54.8 Å². The van der Waals surface area contributed by atoms with Gasteiger partial charge in [0.05, 0.1) is 10.5 Å². The minimum atomic E-state index is -0.514. The third kappa shape index (κ3) is 3.61. The number of non-ortho nitro benzene ring substituents is 1. The van der Waals surface area contributed by atoms with E-state index >= 15 is 0 Å². The van der Waals surface area contributed by atoms with Crippen molar-refractivity contribution in [3.05, 3.63) is 74.4 Å². The smallest absolute Gasteiger partial charge is 0.278 e. The highest BCUT2D eigenvalue weighted by Gasteiger charge is 2.38. The number of aryl methyl sites for hydroxylation is 1. The molecule has 7 nitrogen and oxygen atoms in total. The van der Waals surface area contributed by atoms with E-state index in [1.807, 2.05) is 13.8 Å². The molecule has 0 bridgehead atoms. The maximum absolute atomic E-state index is 12.9. The van der Waals surface area contributed by atoms with E-state index in [4.69, 9.17) is 11.6 Å². The van der Waals surface area contributed by atoms with Crippen LogP contribution in [0.15, 0.2) is 48.2 Å². The highest BCUT2D eigenvalue weighted by Crippen LogP contribution is 2.32. The SMILES string of the molecule is CCCN1C(=O)C(Nc2ccc(Cl)cc2C)=C(c2ccc([N+](=O)[O-])cc2)C1=O. The summed E-state index contributed by atoms with van der Waals surface area (Å²) in [4.78, 5) is 37.4. The summed E-state index contributed by atoms with van der Waals surface area (Å²) in [5, 5.41) is 14.5. The summed E-state index contributed by atoms with van der Waals surface area (Å²) in [6, 6.07) is 10.8. The molecule has 3 rings (SSSR count). The molecule has 0 saturated heterocycles. The lowest BCUT2D eigenvalue weighted by atomic mass is 10.0. The van der Waals surface area contributed by atoms with Gasteiger partial charge >= 0.3 is 0 Å². The van der Waals surface area contributed by atoms with Gasteiger partial charge in [-0.1, -0.05) is 18.5 Å². The van der Waals surface area contributed by atoms with Crippen LogP contribution in [0.2, 0.25) is 5.02 Å². The fraction of sp³-hybridized carbons (Fsp3) is 0.200. The third-order valence-electron chi connectivity index (χ3n) is 4.43. The maximum atomic E-state index is 12.9. The number of carbonyl (C=O) groups is 2. The first-order chi connectivity index (χ1) is 13.3. The summed E-state index contributed by atoms with van der Waals surface area (Å²) in [6.45, 7) is 4.01. The zero-order chi connectivity index (χ0) is 20.4. The van der Waals surface area contributed by atoms with Crippen molar-refractivity contribution in [2.45, 2.75) is 20.3 Å². The summed E-state index contributed by atoms with van der Waals surface area (Å²) in [7, 11) is 0. The molecule has 0 fully saturated rings. The normalized spacial score (nSPS) is 14.0. The number of amides is 2. The molecule has 0 atom stereocenters. The van der Waals surface area contributed by atoms with Gasteiger partial charge in [0.25, 0.3) is 17.5 Å². The zero-order valence-corrected chi connectivity index (χ0v) is 16.1. The molecular weight excluding hydrogens is 382 g/mol. The van der Waals surface area contributed by atoms with E-state index < -0.39 is 16.7 Å². The molecule has 144 valence electrons. The summed E-state index contributed by atoms with van der Waals surface area (Å²) in [6.07, 6.45) is 0.623. The molecular formula is C20H18ClN3O4. The van der Waals surface area contributed by atoms with E-state index in [2.05, 4.69) is 5.32 Å². The first-order valence-corrected chi connectivity index (χ1v) is 9.09. The average Bonchev–Trinajstić information content (AvgIpc) is 2.88. The fourth-order valence-electron chi connectivity index (χ4n) is 3.04. The lowest BCUT2D eigenvalue weighted by molar-refractivity contribution is -0.384. The molecule has 0 aliphatic carbocycles. The van der Waals surface area contributed by atoms with Crippen LogP contribution in [-0.2, 0) is 9.59 Å². The van der Waals surface area contributed by atoms with Crippen LogP contribution in [0.1, 0.15) is 24.5 Å². The van der Waals surface area contributed by atoms with Crippen LogP contribution in [0.5, 0.6) is 0 Å². The maximum Gasteiger partial charge on any atom is 0.278 e. The molecule has 2 aromatic carbocycles. The van der Waals surface area contributed by atoms with Crippen molar-refractivity contribution in [3.63, 3.8) is 0 Å². The quantitative estimate of drug-likeness (QED) is 0.447. The molecule has 2 aromatic rings. The second kappa shape index (κ2) is 7.82. The Hall–Kier alpha value is -3.19. The van der Waals surface area contributed by atoms with Crippen molar-refractivity contribution in [1.82, 2.24) is 4.90 Å². The molecule has 0 spiro atoms. The van der Waals surface area contributed by atoms with Gasteiger partial charge in [0.1, 0.15) is 5.70 Å². The predicted octanol–water partition coefficient (Wildman–Crippen LogP) is 4.16. The highest BCUT2D eigenvalue weighted by molar-refractivity contribution is 6.36. The van der Waals surface area contributed by atoms with Gasteiger partial charge in [-0.15, -0.1) is 0 Å². The van der Waals surface area contributed by atoms with Gasteiger partial charge in [0.15, 0.2) is 0 Å². The van der Waals surface area contributed by atoms with Crippen molar-refractivity contribution in [3.8, 4) is 0 Å². The molecule has 0 saturated carbocycles. The fourth-order valence-corrected chi connectivity index (χ4v) is 3.26. The molecule has 8 heteroatoms. The number of carbonyl (C=O) groups excluding carboxylic acids is 2. The van der Waals surface area contributed by atoms with Crippen molar-refractivity contribution in [2.75, 3.05) is 11.9 Å². The number of hydrogen-bond acceptors (Lipinski definition) is 5. The Balaban J connectivity index is 2.08. The molecule has 1 aliphatic rings. The monoisotopic (exact) mass is 399 g/mol. The third-order valence-corrected chi connectivity index (χ3v) is 4.67. The van der Waals surface area contributed by atoms with Crippen LogP contribution < -0.4 is 5.32 Å². The Morgan fingerprint density at radius 3 is 2.36 bits per heavy atom. The number of nitrogens with zero attached hydrogens (tertiary/aromatic N) is 2. The van der Waals surface area contributed by atoms with Gasteiger partial charge < -0.3 is 5.32 Å². The van der Waals surface area contributed by atoms with Crippen molar-refractivity contribution in [1.29, 1.82) is 0 Å². The Morgan fingerprint density at radius 1 is 1.11 bits per heavy atom. The van der Waals surface area contributed by atoms with Crippen LogP contribution in [0.25, 0.3) is 5.57 Å². The molecule has 0 unspecified atom stereocenters. The minimum Gasteiger partial charge on any atom is -0.350 e. The number of anilines is 1. The molecule has 0 aromatic heterocycles. The lowest BCUT2D eigenvalue weighted by Crippen LogP contribution is -2.33. The number of imide groups is 1. The van der Waals surface area contributed by atoms with Crippen LogP contribution in [0.3, 0.4) is 0 Å². The number of rotatable bonds is 6.